The predicted molar refractivity (Wildman–Crippen MR) is 284 cm³/mol. The highest BCUT2D eigenvalue weighted by Gasteiger charge is 2.31. The number of benzene rings is 4. The third-order valence-electron chi connectivity index (χ3n) is 13.3. The Kier molecular flexibility index (Phi) is 23.8. The van der Waals surface area contributed by atoms with E-state index in [1.54, 1.807) is 24.3 Å². The number of carbonyl (C=O) groups is 2. The molecule has 4 aromatic rings. The molecule has 4 heterocycles. The molecule has 0 bridgehead atoms. The largest absolute Gasteiger partial charge is 0.484 e. The Hall–Kier alpha value is -5.91. The van der Waals surface area contributed by atoms with Crippen molar-refractivity contribution in [2.45, 2.75) is 51.2 Å². The standard InChI is InChI=1S/C28H34F3N3O5.C28H34F3N3O4S/c29-28(30,31)24-5-1-22(2-6-24)19-39-33-26(18-34-11-15-37-16-12-34)23-3-7-25(8-4-23)38-20-27(35)32-17-21-9-13-36-14-10-21;29-28(30,31)24-5-1-22(2-6-24)19-38-33-26(18-34-11-15-39-16-12-34)23-3-7-25(8-4-23)37-20-27(35)32-17-21-9-13-36-14-10-21/h2*1-8,21H,9-20H2,(H,32,35). The summed E-state index contributed by atoms with van der Waals surface area (Å²) in [6.07, 6.45) is -4.95. The van der Waals surface area contributed by atoms with Gasteiger partial charge in [-0.3, -0.25) is 19.4 Å². The van der Waals surface area contributed by atoms with Crippen LogP contribution >= 0.6 is 11.8 Å². The quantitative estimate of drug-likeness (QED) is 0.0441. The molecule has 4 aromatic carbocycles. The molecule has 0 atom stereocenters. The lowest BCUT2D eigenvalue weighted by Gasteiger charge is -2.26. The zero-order valence-corrected chi connectivity index (χ0v) is 44.3. The van der Waals surface area contributed by atoms with Crippen molar-refractivity contribution in [3.05, 3.63) is 130 Å². The fraction of sp³-hybridized carbons (Fsp3) is 0.500. The summed E-state index contributed by atoms with van der Waals surface area (Å²) in [5, 5.41) is 14.5. The van der Waals surface area contributed by atoms with Gasteiger partial charge in [0.2, 0.25) is 0 Å². The van der Waals surface area contributed by atoms with Crippen molar-refractivity contribution in [2.24, 2.45) is 22.1 Å². The van der Waals surface area contributed by atoms with Crippen LogP contribution in [0.1, 0.15) is 59.1 Å². The number of carbonyl (C=O) groups excluding carboxylic acids is 2. The maximum absolute atomic E-state index is 12.8. The van der Waals surface area contributed by atoms with E-state index in [9.17, 15) is 35.9 Å². The Morgan fingerprint density at radius 1 is 0.526 bits per heavy atom. The van der Waals surface area contributed by atoms with E-state index in [2.05, 4.69) is 30.7 Å². The van der Waals surface area contributed by atoms with E-state index >= 15 is 0 Å². The zero-order chi connectivity index (χ0) is 55.0. The van der Waals surface area contributed by atoms with Gasteiger partial charge in [0.05, 0.1) is 24.3 Å². The number of alkyl halides is 6. The van der Waals surface area contributed by atoms with Gasteiger partial charge in [-0.1, -0.05) is 34.6 Å². The molecule has 4 aliphatic heterocycles. The van der Waals surface area contributed by atoms with Crippen LogP contribution in [0.2, 0.25) is 0 Å². The summed E-state index contributed by atoms with van der Waals surface area (Å²) >= 11 is 1.91. The molecule has 4 saturated heterocycles. The Bertz CT molecular complexity index is 2310. The lowest BCUT2D eigenvalue weighted by molar-refractivity contribution is -0.138. The van der Waals surface area contributed by atoms with Crippen LogP contribution in [0.4, 0.5) is 26.3 Å². The predicted octanol–water partition coefficient (Wildman–Crippen LogP) is 8.48. The molecule has 4 aliphatic rings. The average molecular weight is 1120 g/mol. The van der Waals surface area contributed by atoms with Crippen molar-refractivity contribution < 1.29 is 69.3 Å². The van der Waals surface area contributed by atoms with Gasteiger partial charge in [0, 0.05) is 101 Å². The molecule has 15 nitrogen and oxygen atoms in total. The van der Waals surface area contributed by atoms with Crippen molar-refractivity contribution in [1.82, 2.24) is 20.4 Å². The molecule has 2 amide bonds. The van der Waals surface area contributed by atoms with E-state index < -0.39 is 23.5 Å². The smallest absolute Gasteiger partial charge is 0.416 e. The second-order valence-electron chi connectivity index (χ2n) is 19.1. The van der Waals surface area contributed by atoms with E-state index in [0.717, 1.165) is 131 Å². The fourth-order valence-electron chi connectivity index (χ4n) is 8.54. The Labute approximate surface area is 455 Å². The van der Waals surface area contributed by atoms with Crippen molar-refractivity contribution in [3.8, 4) is 11.5 Å². The highest BCUT2D eigenvalue weighted by molar-refractivity contribution is 7.99. The van der Waals surface area contributed by atoms with Gasteiger partial charge in [0.15, 0.2) is 13.2 Å². The van der Waals surface area contributed by atoms with Gasteiger partial charge in [0.1, 0.15) is 36.1 Å². The van der Waals surface area contributed by atoms with E-state index in [0.29, 0.717) is 79.6 Å². The molecular formula is C56H68F6N6O9S. The molecule has 22 heteroatoms. The van der Waals surface area contributed by atoms with Crippen LogP contribution in [0.15, 0.2) is 107 Å². The van der Waals surface area contributed by atoms with Gasteiger partial charge in [-0.15, -0.1) is 0 Å². The fourth-order valence-corrected chi connectivity index (χ4v) is 9.52. The first-order chi connectivity index (χ1) is 37.7. The minimum absolute atomic E-state index is 0.0366. The molecule has 0 unspecified atom stereocenters. The summed E-state index contributed by atoms with van der Waals surface area (Å²) in [6.45, 7) is 9.90. The Morgan fingerprint density at radius 3 is 1.28 bits per heavy atom. The molecule has 0 aromatic heterocycles. The van der Waals surface area contributed by atoms with Crippen LogP contribution in [-0.2, 0) is 59.0 Å². The summed E-state index contributed by atoms with van der Waals surface area (Å²) < 4.78 is 104. The number of rotatable bonds is 22. The van der Waals surface area contributed by atoms with Crippen molar-refractivity contribution in [3.63, 3.8) is 0 Å². The minimum Gasteiger partial charge on any atom is -0.484 e. The SMILES string of the molecule is O=C(COc1ccc(C(CN2CCOCC2)=NOCc2ccc(C(F)(F)F)cc2)cc1)NCC1CCOCC1.O=C(COc1ccc(C(CN2CCSCC2)=NOCc2ccc(C(F)(F)F)cc2)cc1)NCC1CCOCC1. The van der Waals surface area contributed by atoms with Gasteiger partial charge in [-0.25, -0.2) is 0 Å². The Balaban J connectivity index is 0.000000226. The van der Waals surface area contributed by atoms with E-state index in [1.165, 1.54) is 24.3 Å². The van der Waals surface area contributed by atoms with Crippen LogP contribution < -0.4 is 20.1 Å². The number of morpholine rings is 1. The number of oxime groups is 2. The normalized spacial score (nSPS) is 17.6. The molecule has 424 valence electrons. The van der Waals surface area contributed by atoms with E-state index in [1.807, 2.05) is 36.0 Å². The molecule has 4 fully saturated rings. The highest BCUT2D eigenvalue weighted by atomic mass is 32.2. The summed E-state index contributed by atoms with van der Waals surface area (Å²) in [5.74, 6) is 3.76. The van der Waals surface area contributed by atoms with Gasteiger partial charge in [-0.2, -0.15) is 38.1 Å². The van der Waals surface area contributed by atoms with Crippen LogP contribution in [0, 0.1) is 11.8 Å². The molecule has 0 saturated carbocycles. The third kappa shape index (κ3) is 21.0. The number of hydrogen-bond acceptors (Lipinski definition) is 14. The zero-order valence-electron chi connectivity index (χ0n) is 43.5. The molecule has 2 N–H and O–H groups in total. The molecule has 78 heavy (non-hydrogen) atoms. The molecule has 8 rings (SSSR count). The Morgan fingerprint density at radius 2 is 0.897 bits per heavy atom. The first-order valence-electron chi connectivity index (χ1n) is 26.2. The second-order valence-corrected chi connectivity index (χ2v) is 20.4. The summed E-state index contributed by atoms with van der Waals surface area (Å²) in [7, 11) is 0. The second kappa shape index (κ2) is 31.0. The van der Waals surface area contributed by atoms with Crippen molar-refractivity contribution in [2.75, 3.05) is 117 Å². The number of halogens is 6. The molecule has 0 spiro atoms. The van der Waals surface area contributed by atoms with E-state index in [-0.39, 0.29) is 38.2 Å². The lowest BCUT2D eigenvalue weighted by atomic mass is 10.0. The number of ether oxygens (including phenoxy) is 5. The number of amides is 2. The monoisotopic (exact) mass is 1110 g/mol. The number of nitrogens with one attached hydrogen (secondary N) is 2. The summed E-state index contributed by atoms with van der Waals surface area (Å²) in [6, 6.07) is 24.2. The first-order valence-corrected chi connectivity index (χ1v) is 27.3. The topological polar surface area (TPSA) is 154 Å². The minimum atomic E-state index is -4.38. The maximum atomic E-state index is 12.8. The van der Waals surface area contributed by atoms with Crippen LogP contribution in [-0.4, -0.2) is 150 Å². The van der Waals surface area contributed by atoms with Crippen molar-refractivity contribution >= 4 is 35.0 Å². The number of thioether (sulfide) groups is 1. The van der Waals surface area contributed by atoms with Crippen LogP contribution in [0.3, 0.4) is 0 Å². The number of nitrogens with zero attached hydrogens (tertiary/aromatic N) is 4. The van der Waals surface area contributed by atoms with Gasteiger partial charge >= 0.3 is 12.4 Å². The molecule has 0 radical (unpaired) electrons. The van der Waals surface area contributed by atoms with Crippen molar-refractivity contribution in [1.29, 1.82) is 0 Å². The molecule has 0 aliphatic carbocycles. The first kappa shape index (κ1) is 59.7. The van der Waals surface area contributed by atoms with Gasteiger partial charge < -0.3 is 44.0 Å². The van der Waals surface area contributed by atoms with E-state index in [4.69, 9.17) is 33.4 Å². The van der Waals surface area contributed by atoms with Crippen LogP contribution in [0.25, 0.3) is 0 Å². The van der Waals surface area contributed by atoms with Crippen LogP contribution in [0.5, 0.6) is 11.5 Å². The number of hydrogen-bond donors (Lipinski definition) is 2. The third-order valence-corrected chi connectivity index (χ3v) is 14.2. The highest BCUT2D eigenvalue weighted by Crippen LogP contribution is 2.30. The molecular weight excluding hydrogens is 1050 g/mol. The maximum Gasteiger partial charge on any atom is 0.416 e. The van der Waals surface area contributed by atoms with Gasteiger partial charge in [0.25, 0.3) is 11.8 Å². The summed E-state index contributed by atoms with van der Waals surface area (Å²) in [5.41, 5.74) is 2.82. The summed E-state index contributed by atoms with van der Waals surface area (Å²) in [4.78, 5) is 40.0. The van der Waals surface area contributed by atoms with Gasteiger partial charge in [-0.05, 0) is 121 Å². The lowest BCUT2D eigenvalue weighted by Crippen LogP contribution is -2.39. The average Bonchev–Trinajstić information content (AvgIpc) is 3.47.